The second-order valence-electron chi connectivity index (χ2n) is 7.07. The molecule has 0 fully saturated rings. The molecule has 0 spiro atoms. The van der Waals surface area contributed by atoms with E-state index in [0.717, 1.165) is 5.69 Å². The Hall–Kier alpha value is -3.95. The van der Waals surface area contributed by atoms with Gasteiger partial charge in [-0.2, -0.15) is 15.3 Å². The Bertz CT molecular complexity index is 1430. The lowest BCUT2D eigenvalue weighted by Crippen LogP contribution is -2.22. The monoisotopic (exact) mass is 459 g/mol. The van der Waals surface area contributed by atoms with Crippen LogP contribution in [0.4, 0.5) is 22.7 Å². The van der Waals surface area contributed by atoms with Gasteiger partial charge in [-0.25, -0.2) is 13.1 Å². The quantitative estimate of drug-likeness (QED) is 0.300. The standard InChI is InChI=1S/C24H21N5O3S/c1-2-25-33(31,32)21-13-14-22-17(16-21)8-15-23(30)24(22)29-28-20-11-9-19(10-12-20)27-26-18-6-4-3-5-7-18/h3-16,25,30H,2H2,1H3/b27-26+,29-28+. The van der Waals surface area contributed by atoms with Crippen LogP contribution in [0.3, 0.4) is 0 Å². The fourth-order valence-corrected chi connectivity index (χ4v) is 4.21. The molecule has 0 heterocycles. The molecule has 0 radical (unpaired) electrons. The highest BCUT2D eigenvalue weighted by atomic mass is 32.2. The second-order valence-corrected chi connectivity index (χ2v) is 8.84. The first-order valence-corrected chi connectivity index (χ1v) is 11.7. The van der Waals surface area contributed by atoms with E-state index in [0.29, 0.717) is 28.7 Å². The summed E-state index contributed by atoms with van der Waals surface area (Å²) in [5.41, 5.74) is 2.25. The third kappa shape index (κ3) is 5.28. The molecule has 8 nitrogen and oxygen atoms in total. The SMILES string of the molecule is CCNS(=O)(=O)c1ccc2c(/N=N/c3ccc(/N=N/c4ccccc4)cc3)c(O)ccc2c1. The zero-order valence-electron chi connectivity index (χ0n) is 17.8. The molecule has 9 heteroatoms. The molecular formula is C24H21N5O3S. The summed E-state index contributed by atoms with van der Waals surface area (Å²) >= 11 is 0. The molecule has 0 aliphatic rings. The molecule has 0 bridgehead atoms. The number of azo groups is 2. The van der Waals surface area contributed by atoms with Crippen LogP contribution in [0.2, 0.25) is 0 Å². The van der Waals surface area contributed by atoms with Crippen LogP contribution < -0.4 is 4.72 Å². The first kappa shape index (κ1) is 22.3. The zero-order valence-corrected chi connectivity index (χ0v) is 18.6. The van der Waals surface area contributed by atoms with Crippen molar-refractivity contribution in [1.29, 1.82) is 0 Å². The van der Waals surface area contributed by atoms with E-state index in [2.05, 4.69) is 25.2 Å². The summed E-state index contributed by atoms with van der Waals surface area (Å²) in [6.45, 7) is 2.01. The average Bonchev–Trinajstić information content (AvgIpc) is 2.83. The van der Waals surface area contributed by atoms with Crippen LogP contribution in [0, 0.1) is 0 Å². The van der Waals surface area contributed by atoms with Gasteiger partial charge in [0, 0.05) is 11.9 Å². The van der Waals surface area contributed by atoms with E-state index in [4.69, 9.17) is 0 Å². The van der Waals surface area contributed by atoms with E-state index in [9.17, 15) is 13.5 Å². The first-order valence-electron chi connectivity index (χ1n) is 10.2. The van der Waals surface area contributed by atoms with Crippen molar-refractivity contribution < 1.29 is 13.5 Å². The van der Waals surface area contributed by atoms with Gasteiger partial charge in [-0.3, -0.25) is 0 Å². The summed E-state index contributed by atoms with van der Waals surface area (Å²) in [5, 5.41) is 28.3. The Kier molecular flexibility index (Phi) is 6.53. The van der Waals surface area contributed by atoms with Crippen LogP contribution in [-0.2, 0) is 10.0 Å². The Morgan fingerprint density at radius 2 is 1.36 bits per heavy atom. The number of rotatable bonds is 7. The molecule has 4 aromatic carbocycles. The smallest absolute Gasteiger partial charge is 0.240 e. The number of hydrogen-bond acceptors (Lipinski definition) is 7. The van der Waals surface area contributed by atoms with E-state index in [1.54, 1.807) is 49.4 Å². The van der Waals surface area contributed by atoms with Gasteiger partial charge in [-0.1, -0.05) is 37.3 Å². The molecule has 0 aromatic heterocycles. The summed E-state index contributed by atoms with van der Waals surface area (Å²) in [6.07, 6.45) is 0. The van der Waals surface area contributed by atoms with Gasteiger partial charge in [0.25, 0.3) is 0 Å². The van der Waals surface area contributed by atoms with Crippen LogP contribution in [0.15, 0.2) is 110 Å². The molecule has 166 valence electrons. The molecule has 4 rings (SSSR count). The van der Waals surface area contributed by atoms with Gasteiger partial charge >= 0.3 is 0 Å². The van der Waals surface area contributed by atoms with Gasteiger partial charge in [0.1, 0.15) is 11.4 Å². The number of hydrogen-bond donors (Lipinski definition) is 2. The highest BCUT2D eigenvalue weighted by molar-refractivity contribution is 7.89. The molecule has 33 heavy (non-hydrogen) atoms. The minimum atomic E-state index is -3.59. The molecule has 0 aliphatic heterocycles. The van der Waals surface area contributed by atoms with Crippen molar-refractivity contribution >= 4 is 43.5 Å². The van der Waals surface area contributed by atoms with Crippen LogP contribution in [0.25, 0.3) is 10.8 Å². The van der Waals surface area contributed by atoms with Crippen molar-refractivity contribution in [1.82, 2.24) is 4.72 Å². The predicted octanol–water partition coefficient (Wildman–Crippen LogP) is 6.67. The molecule has 0 unspecified atom stereocenters. The Morgan fingerprint density at radius 1 is 0.758 bits per heavy atom. The number of fused-ring (bicyclic) bond motifs is 1. The van der Waals surface area contributed by atoms with E-state index in [-0.39, 0.29) is 16.3 Å². The Labute approximate surface area is 191 Å². The number of nitrogens with zero attached hydrogens (tertiary/aromatic N) is 4. The van der Waals surface area contributed by atoms with E-state index >= 15 is 0 Å². The molecule has 0 saturated carbocycles. The van der Waals surface area contributed by atoms with Crippen molar-refractivity contribution in [2.45, 2.75) is 11.8 Å². The maximum absolute atomic E-state index is 12.3. The third-order valence-electron chi connectivity index (χ3n) is 4.74. The minimum Gasteiger partial charge on any atom is -0.506 e. The number of sulfonamides is 1. The summed E-state index contributed by atoms with van der Waals surface area (Å²) < 4.78 is 27.0. The molecule has 0 amide bonds. The Morgan fingerprint density at radius 3 is 2.00 bits per heavy atom. The minimum absolute atomic E-state index is 0.0539. The van der Waals surface area contributed by atoms with Crippen LogP contribution >= 0.6 is 0 Å². The number of benzene rings is 4. The molecule has 0 saturated heterocycles. The van der Waals surface area contributed by atoms with Gasteiger partial charge in [-0.15, -0.1) is 5.11 Å². The fourth-order valence-electron chi connectivity index (χ4n) is 3.13. The van der Waals surface area contributed by atoms with Gasteiger partial charge in [-0.05, 0) is 60.0 Å². The van der Waals surface area contributed by atoms with E-state index < -0.39 is 10.0 Å². The summed E-state index contributed by atoms with van der Waals surface area (Å²) in [6, 6.07) is 24.2. The number of phenols is 1. The van der Waals surface area contributed by atoms with Crippen LogP contribution in [0.1, 0.15) is 6.92 Å². The van der Waals surface area contributed by atoms with Gasteiger partial charge in [0.15, 0.2) is 0 Å². The largest absolute Gasteiger partial charge is 0.506 e. The molecule has 0 atom stereocenters. The molecule has 4 aromatic rings. The number of aromatic hydroxyl groups is 1. The maximum atomic E-state index is 12.3. The number of nitrogens with one attached hydrogen (secondary N) is 1. The average molecular weight is 460 g/mol. The highest BCUT2D eigenvalue weighted by Crippen LogP contribution is 2.37. The lowest BCUT2D eigenvalue weighted by molar-refractivity contribution is 0.477. The lowest BCUT2D eigenvalue weighted by atomic mass is 10.1. The lowest BCUT2D eigenvalue weighted by Gasteiger charge is -2.08. The van der Waals surface area contributed by atoms with Crippen molar-refractivity contribution in [3.8, 4) is 5.75 Å². The van der Waals surface area contributed by atoms with Gasteiger partial charge in [0.05, 0.1) is 22.0 Å². The summed E-state index contributed by atoms with van der Waals surface area (Å²) in [4.78, 5) is 0.144. The van der Waals surface area contributed by atoms with Crippen LogP contribution in [-0.4, -0.2) is 20.1 Å². The number of phenolic OH excluding ortho intramolecular Hbond substituents is 1. The molecular weight excluding hydrogens is 438 g/mol. The van der Waals surface area contributed by atoms with Crippen LogP contribution in [0.5, 0.6) is 5.75 Å². The first-order chi connectivity index (χ1) is 16.0. The maximum Gasteiger partial charge on any atom is 0.240 e. The van der Waals surface area contributed by atoms with Crippen molar-refractivity contribution in [2.75, 3.05) is 6.54 Å². The van der Waals surface area contributed by atoms with Crippen molar-refractivity contribution in [3.63, 3.8) is 0 Å². The summed E-state index contributed by atoms with van der Waals surface area (Å²) in [5.74, 6) is -0.0539. The van der Waals surface area contributed by atoms with Crippen molar-refractivity contribution in [3.05, 3.63) is 84.9 Å². The topological polar surface area (TPSA) is 116 Å². The highest BCUT2D eigenvalue weighted by Gasteiger charge is 2.15. The molecule has 2 N–H and O–H groups in total. The second kappa shape index (κ2) is 9.68. The van der Waals surface area contributed by atoms with E-state index in [1.165, 1.54) is 12.1 Å². The third-order valence-corrected chi connectivity index (χ3v) is 6.28. The predicted molar refractivity (Wildman–Crippen MR) is 128 cm³/mol. The zero-order chi connectivity index (χ0) is 23.3. The van der Waals surface area contributed by atoms with Gasteiger partial charge < -0.3 is 5.11 Å². The fraction of sp³-hybridized carbons (Fsp3) is 0.0833. The Balaban J connectivity index is 1.58. The normalized spacial score (nSPS) is 12.2. The summed E-state index contributed by atoms with van der Waals surface area (Å²) in [7, 11) is -3.59. The van der Waals surface area contributed by atoms with E-state index in [1.807, 2.05) is 30.3 Å². The molecule has 0 aliphatic carbocycles. The van der Waals surface area contributed by atoms with Gasteiger partial charge in [0.2, 0.25) is 10.0 Å². The van der Waals surface area contributed by atoms with Crippen molar-refractivity contribution in [2.24, 2.45) is 20.5 Å².